The third-order valence-electron chi connectivity index (χ3n) is 1.63. The lowest BCUT2D eigenvalue weighted by Gasteiger charge is -2.22. The zero-order valence-corrected chi connectivity index (χ0v) is 9.80. The van der Waals surface area contributed by atoms with E-state index in [0.717, 1.165) is 0 Å². The molecule has 4 nitrogen and oxygen atoms in total. The van der Waals surface area contributed by atoms with Crippen LogP contribution in [0.4, 0.5) is 11.4 Å². The van der Waals surface area contributed by atoms with Gasteiger partial charge < -0.3 is 10.5 Å². The molecule has 1 rings (SSSR count). The maximum atomic E-state index is 11.1. The molecule has 0 aliphatic heterocycles. The van der Waals surface area contributed by atoms with Crippen molar-refractivity contribution in [1.82, 2.24) is 4.98 Å². The number of rotatable bonds is 2. The molecule has 1 aromatic rings. The number of hydrogen-bond acceptors (Lipinski definition) is 3. The Bertz CT molecular complexity index is 385. The first-order valence-corrected chi connectivity index (χ1v) is 4.89. The molecule has 0 saturated carbocycles. The Morgan fingerprint density at radius 2 is 2.13 bits per heavy atom. The summed E-state index contributed by atoms with van der Waals surface area (Å²) in [6.45, 7) is 9.25. The molecule has 0 aromatic carbocycles. The van der Waals surface area contributed by atoms with E-state index in [1.54, 1.807) is 6.07 Å². The molecule has 0 aliphatic rings. The molecule has 1 heterocycles. The molecule has 0 unspecified atom stereocenters. The van der Waals surface area contributed by atoms with Gasteiger partial charge in [-0.2, -0.15) is 4.74 Å². The van der Waals surface area contributed by atoms with Gasteiger partial charge >= 0.3 is 0 Å². The number of nitrogens with one attached hydrogen (secondary N) is 1. The van der Waals surface area contributed by atoms with Crippen molar-refractivity contribution in [2.24, 2.45) is 0 Å². The number of nitrogens with zero attached hydrogens (tertiary/aromatic N) is 2. The second-order valence-corrected chi connectivity index (χ2v) is 4.66. The van der Waals surface area contributed by atoms with Gasteiger partial charge in [-0.05, 0) is 20.8 Å². The van der Waals surface area contributed by atoms with Gasteiger partial charge in [-0.15, -0.1) is 0 Å². The van der Waals surface area contributed by atoms with Gasteiger partial charge in [0.25, 0.3) is 5.69 Å². The number of aromatic nitrogens is 1. The summed E-state index contributed by atoms with van der Waals surface area (Å²) in [6.07, 6.45) is 1.40. The number of anilines is 1. The lowest BCUT2D eigenvalue weighted by Crippen LogP contribution is -2.26. The Morgan fingerprint density at radius 1 is 1.53 bits per heavy atom. The summed E-state index contributed by atoms with van der Waals surface area (Å²) >= 11 is 5.76. The Balaban J connectivity index is 3.13. The summed E-state index contributed by atoms with van der Waals surface area (Å²) in [5, 5.41) is 14.7. The Labute approximate surface area is 94.2 Å². The molecule has 0 aliphatic carbocycles. The van der Waals surface area contributed by atoms with Crippen molar-refractivity contribution in [2.45, 2.75) is 26.3 Å². The summed E-state index contributed by atoms with van der Waals surface area (Å²) in [5.74, 6) is 0. The van der Waals surface area contributed by atoms with Crippen molar-refractivity contribution in [1.29, 1.82) is 0 Å². The first kappa shape index (κ1) is 11.8. The maximum absolute atomic E-state index is 11.1. The SMILES string of the molecule is C=[N+]([O-])c1cnc(Cl)cc1NC(C)(C)C. The van der Waals surface area contributed by atoms with Crippen LogP contribution in [0.2, 0.25) is 5.15 Å². The molecular formula is C10H14ClN3O. The molecule has 0 radical (unpaired) electrons. The molecule has 0 fully saturated rings. The summed E-state index contributed by atoms with van der Waals surface area (Å²) in [6, 6.07) is 1.61. The molecule has 1 N–H and O–H groups in total. The molecule has 0 spiro atoms. The van der Waals surface area contributed by atoms with Gasteiger partial charge in [0.1, 0.15) is 23.8 Å². The van der Waals surface area contributed by atoms with Crippen molar-refractivity contribution in [3.8, 4) is 0 Å². The minimum atomic E-state index is -0.157. The highest BCUT2D eigenvalue weighted by atomic mass is 35.5. The van der Waals surface area contributed by atoms with Crippen molar-refractivity contribution >= 4 is 29.7 Å². The van der Waals surface area contributed by atoms with E-state index in [0.29, 0.717) is 21.3 Å². The van der Waals surface area contributed by atoms with E-state index in [1.165, 1.54) is 6.20 Å². The van der Waals surface area contributed by atoms with E-state index < -0.39 is 0 Å². The lowest BCUT2D eigenvalue weighted by molar-refractivity contribution is -0.349. The topological polar surface area (TPSA) is 51.0 Å². The summed E-state index contributed by atoms with van der Waals surface area (Å²) in [4.78, 5) is 3.83. The van der Waals surface area contributed by atoms with Gasteiger partial charge in [0.05, 0.1) is 0 Å². The van der Waals surface area contributed by atoms with E-state index in [-0.39, 0.29) is 5.54 Å². The fourth-order valence-corrected chi connectivity index (χ4v) is 1.28. The molecule has 5 heteroatoms. The van der Waals surface area contributed by atoms with E-state index in [1.807, 2.05) is 20.8 Å². The molecule has 1 aromatic heterocycles. The number of pyridine rings is 1. The molecule has 15 heavy (non-hydrogen) atoms. The predicted molar refractivity (Wildman–Crippen MR) is 63.0 cm³/mol. The average molecular weight is 228 g/mol. The Kier molecular flexibility index (Phi) is 3.19. The van der Waals surface area contributed by atoms with Crippen LogP contribution in [0.5, 0.6) is 0 Å². The van der Waals surface area contributed by atoms with Crippen LogP contribution in [0.15, 0.2) is 12.3 Å². The van der Waals surface area contributed by atoms with Crippen molar-refractivity contribution in [3.05, 3.63) is 22.6 Å². The van der Waals surface area contributed by atoms with Crippen LogP contribution < -0.4 is 5.32 Å². The van der Waals surface area contributed by atoms with Crippen molar-refractivity contribution in [2.75, 3.05) is 5.32 Å². The lowest BCUT2D eigenvalue weighted by atomic mass is 10.1. The first-order chi connectivity index (χ1) is 6.79. The second kappa shape index (κ2) is 4.06. The highest BCUT2D eigenvalue weighted by Crippen LogP contribution is 2.27. The van der Waals surface area contributed by atoms with Crippen molar-refractivity contribution in [3.63, 3.8) is 0 Å². The highest BCUT2D eigenvalue weighted by Gasteiger charge is 2.16. The van der Waals surface area contributed by atoms with Gasteiger partial charge in [0.15, 0.2) is 0 Å². The third kappa shape index (κ3) is 3.40. The smallest absolute Gasteiger partial charge is 0.257 e. The zero-order valence-electron chi connectivity index (χ0n) is 9.04. The average Bonchev–Trinajstić information content (AvgIpc) is 1.99. The van der Waals surface area contributed by atoms with Crippen LogP contribution in [-0.4, -0.2) is 22.0 Å². The summed E-state index contributed by atoms with van der Waals surface area (Å²) in [5.41, 5.74) is 0.844. The largest absolute Gasteiger partial charge is 0.619 e. The molecular weight excluding hydrogens is 214 g/mol. The van der Waals surface area contributed by atoms with E-state index >= 15 is 0 Å². The molecule has 82 valence electrons. The highest BCUT2D eigenvalue weighted by molar-refractivity contribution is 6.29. The first-order valence-electron chi connectivity index (χ1n) is 4.51. The summed E-state index contributed by atoms with van der Waals surface area (Å²) in [7, 11) is 0. The quantitative estimate of drug-likeness (QED) is 0.278. The normalized spacial score (nSPS) is 11.2. The monoisotopic (exact) mass is 227 g/mol. The molecule has 0 amide bonds. The van der Waals surface area contributed by atoms with Crippen LogP contribution in [0.25, 0.3) is 0 Å². The predicted octanol–water partition coefficient (Wildman–Crippen LogP) is 2.79. The van der Waals surface area contributed by atoms with Gasteiger partial charge in [-0.1, -0.05) is 11.6 Å². The van der Waals surface area contributed by atoms with Gasteiger partial charge in [-0.3, -0.25) is 0 Å². The van der Waals surface area contributed by atoms with Gasteiger partial charge in [0, 0.05) is 11.6 Å². The fraction of sp³-hybridized carbons (Fsp3) is 0.400. The summed E-state index contributed by atoms with van der Waals surface area (Å²) < 4.78 is 0.511. The van der Waals surface area contributed by atoms with Crippen LogP contribution in [-0.2, 0) is 0 Å². The van der Waals surface area contributed by atoms with Crippen LogP contribution >= 0.6 is 11.6 Å². The van der Waals surface area contributed by atoms with Crippen LogP contribution in [0, 0.1) is 5.21 Å². The van der Waals surface area contributed by atoms with Crippen molar-refractivity contribution < 1.29 is 4.74 Å². The third-order valence-corrected chi connectivity index (χ3v) is 1.83. The van der Waals surface area contributed by atoms with Crippen LogP contribution in [0.1, 0.15) is 20.8 Å². The van der Waals surface area contributed by atoms with E-state index in [4.69, 9.17) is 11.6 Å². The van der Waals surface area contributed by atoms with Gasteiger partial charge in [0.2, 0.25) is 0 Å². The Morgan fingerprint density at radius 3 is 2.60 bits per heavy atom. The fourth-order valence-electron chi connectivity index (χ4n) is 1.13. The minimum Gasteiger partial charge on any atom is -0.619 e. The van der Waals surface area contributed by atoms with E-state index in [2.05, 4.69) is 17.0 Å². The van der Waals surface area contributed by atoms with Gasteiger partial charge in [-0.25, -0.2) is 4.98 Å². The molecule has 0 bridgehead atoms. The molecule has 0 atom stereocenters. The van der Waals surface area contributed by atoms with Crippen LogP contribution in [0.3, 0.4) is 0 Å². The molecule has 0 saturated heterocycles. The standard InChI is InChI=1S/C10H14ClN3O/c1-10(2,3)13-7-5-9(11)12-6-8(7)14(4)15/h5-6H,4H2,1-3H3,(H,12,13). The maximum Gasteiger partial charge on any atom is 0.257 e. The minimum absolute atomic E-state index is 0.157. The zero-order chi connectivity index (χ0) is 11.6. The second-order valence-electron chi connectivity index (χ2n) is 4.28. The number of halogens is 1. The van der Waals surface area contributed by atoms with E-state index in [9.17, 15) is 5.21 Å². The Hall–Kier alpha value is -1.29. The number of hydrogen-bond donors (Lipinski definition) is 1.